The molecule has 0 spiro atoms. The molecule has 1 aromatic heterocycles. The van der Waals surface area contributed by atoms with E-state index in [1.165, 1.54) is 11.3 Å². The van der Waals surface area contributed by atoms with Gasteiger partial charge in [-0.15, -0.1) is 11.3 Å². The van der Waals surface area contributed by atoms with E-state index >= 15 is 0 Å². The number of aldehydes is 1. The minimum Gasteiger partial charge on any atom is -0.295 e. The summed E-state index contributed by atoms with van der Waals surface area (Å²) in [6.07, 6.45) is 1.11. The highest BCUT2D eigenvalue weighted by atomic mass is 32.2. The van der Waals surface area contributed by atoms with Gasteiger partial charge in [-0.3, -0.25) is 4.79 Å². The van der Waals surface area contributed by atoms with E-state index in [0.717, 1.165) is 10.6 Å². The third-order valence-electron chi connectivity index (χ3n) is 1.90. The lowest BCUT2D eigenvalue weighted by Crippen LogP contribution is -2.17. The highest BCUT2D eigenvalue weighted by Gasteiger charge is 2.24. The Balaban J connectivity index is 2.46. The molecular weight excluding hydrogens is 210 g/mol. The molecule has 13 heavy (non-hydrogen) atoms. The van der Waals surface area contributed by atoms with Crippen molar-refractivity contribution in [2.45, 2.75) is 12.2 Å². The van der Waals surface area contributed by atoms with Crippen LogP contribution >= 0.6 is 11.3 Å². The van der Waals surface area contributed by atoms with E-state index in [-0.39, 0.29) is 11.5 Å². The van der Waals surface area contributed by atoms with E-state index in [1.807, 2.05) is 0 Å². The lowest BCUT2D eigenvalue weighted by Gasteiger charge is -2.09. The van der Waals surface area contributed by atoms with Gasteiger partial charge < -0.3 is 0 Å². The zero-order valence-corrected chi connectivity index (χ0v) is 8.32. The second kappa shape index (κ2) is 2.88. The highest BCUT2D eigenvalue weighted by molar-refractivity contribution is 7.90. The Morgan fingerprint density at radius 1 is 1.46 bits per heavy atom. The van der Waals surface area contributed by atoms with Crippen LogP contribution in [0.25, 0.3) is 0 Å². The zero-order valence-electron chi connectivity index (χ0n) is 6.69. The molecule has 0 N–H and O–H groups in total. The summed E-state index contributed by atoms with van der Waals surface area (Å²) in [4.78, 5) is 15.1. The summed E-state index contributed by atoms with van der Waals surface area (Å²) >= 11 is 1.18. The summed E-state index contributed by atoms with van der Waals surface area (Å²) in [6, 6.07) is 0. The molecule has 0 amide bonds. The van der Waals surface area contributed by atoms with Crippen LogP contribution in [0.4, 0.5) is 0 Å². The highest BCUT2D eigenvalue weighted by Crippen LogP contribution is 2.25. The van der Waals surface area contributed by atoms with Gasteiger partial charge in [-0.25, -0.2) is 13.4 Å². The molecule has 70 valence electrons. The maximum absolute atomic E-state index is 11.2. The topological polar surface area (TPSA) is 64.1 Å². The fourth-order valence-electron chi connectivity index (χ4n) is 1.29. The predicted octanol–water partition coefficient (Wildman–Crippen LogP) is 0.427. The maximum atomic E-state index is 11.2. The minimum absolute atomic E-state index is 0.0494. The van der Waals surface area contributed by atoms with Crippen LogP contribution in [0.1, 0.15) is 20.4 Å². The molecule has 0 saturated carbocycles. The lowest BCUT2D eigenvalue weighted by atomic mass is 10.3. The molecule has 1 aromatic rings. The first kappa shape index (κ1) is 8.83. The largest absolute Gasteiger partial charge is 0.295 e. The van der Waals surface area contributed by atoms with Gasteiger partial charge in [-0.05, 0) is 0 Å². The summed E-state index contributed by atoms with van der Waals surface area (Å²) in [7, 11) is -2.94. The van der Waals surface area contributed by atoms with Gasteiger partial charge in [0.2, 0.25) is 0 Å². The van der Waals surface area contributed by atoms with Gasteiger partial charge >= 0.3 is 0 Å². The Hall–Kier alpha value is -0.750. The lowest BCUT2D eigenvalue weighted by molar-refractivity contribution is 0.112. The summed E-state index contributed by atoms with van der Waals surface area (Å²) in [5, 5.41) is 0.377. The number of carbonyl (C=O) groups is 1. The Kier molecular flexibility index (Phi) is 1.96. The molecule has 0 saturated heterocycles. The van der Waals surface area contributed by atoms with Crippen molar-refractivity contribution in [3.8, 4) is 0 Å². The number of sulfone groups is 1. The summed E-state index contributed by atoms with van der Waals surface area (Å²) in [6.45, 7) is 0. The first-order valence-corrected chi connectivity index (χ1v) is 6.39. The van der Waals surface area contributed by atoms with Crippen molar-refractivity contribution < 1.29 is 13.2 Å². The maximum Gasteiger partial charge on any atom is 0.178 e. The van der Waals surface area contributed by atoms with Crippen LogP contribution in [0.2, 0.25) is 0 Å². The molecule has 1 aliphatic heterocycles. The first-order valence-electron chi connectivity index (χ1n) is 3.75. The number of aryl methyl sites for hydroxylation is 1. The quantitative estimate of drug-likeness (QED) is 0.640. The Morgan fingerprint density at radius 2 is 2.23 bits per heavy atom. The number of nitrogens with zero attached hydrogens (tertiary/aromatic N) is 1. The number of rotatable bonds is 1. The number of carbonyl (C=O) groups excluding carboxylic acids is 1. The fraction of sp³-hybridized carbons (Fsp3) is 0.429. The van der Waals surface area contributed by atoms with Crippen LogP contribution in [-0.4, -0.2) is 25.4 Å². The Bertz CT molecular complexity index is 446. The molecule has 0 atom stereocenters. The van der Waals surface area contributed by atoms with Crippen molar-refractivity contribution in [1.82, 2.24) is 4.98 Å². The van der Waals surface area contributed by atoms with E-state index in [0.29, 0.717) is 17.7 Å². The van der Waals surface area contributed by atoms with Gasteiger partial charge in [0.15, 0.2) is 21.1 Å². The molecule has 2 heterocycles. The van der Waals surface area contributed by atoms with E-state index in [1.54, 1.807) is 0 Å². The second-order valence-corrected chi connectivity index (χ2v) is 6.18. The van der Waals surface area contributed by atoms with E-state index in [9.17, 15) is 13.2 Å². The number of aromatic nitrogens is 1. The van der Waals surface area contributed by atoms with Crippen molar-refractivity contribution in [1.29, 1.82) is 0 Å². The van der Waals surface area contributed by atoms with Gasteiger partial charge in [0.05, 0.1) is 17.2 Å². The van der Waals surface area contributed by atoms with Crippen molar-refractivity contribution in [2.75, 3.05) is 5.75 Å². The number of hydrogen-bond acceptors (Lipinski definition) is 5. The first-order chi connectivity index (χ1) is 6.11. The molecule has 6 heteroatoms. The van der Waals surface area contributed by atoms with Crippen LogP contribution in [0.15, 0.2) is 0 Å². The van der Waals surface area contributed by atoms with Crippen LogP contribution in [0.5, 0.6) is 0 Å². The number of thiazole rings is 1. The molecule has 1 aliphatic rings. The summed E-state index contributed by atoms with van der Waals surface area (Å²) < 4.78 is 22.4. The average molecular weight is 217 g/mol. The van der Waals surface area contributed by atoms with Crippen molar-refractivity contribution in [2.24, 2.45) is 0 Å². The minimum atomic E-state index is -2.94. The monoisotopic (exact) mass is 217 g/mol. The molecule has 0 fully saturated rings. The zero-order chi connectivity index (χ0) is 9.47. The summed E-state index contributed by atoms with van der Waals surface area (Å²) in [5.41, 5.74) is 0.780. The van der Waals surface area contributed by atoms with Gasteiger partial charge in [0, 0.05) is 11.3 Å². The Labute approximate surface area is 79.5 Å². The molecular formula is C7H7NO3S2. The van der Waals surface area contributed by atoms with Gasteiger partial charge in [-0.2, -0.15) is 0 Å². The smallest absolute Gasteiger partial charge is 0.178 e. The van der Waals surface area contributed by atoms with Crippen molar-refractivity contribution in [3.05, 3.63) is 15.6 Å². The van der Waals surface area contributed by atoms with Crippen LogP contribution in [0.3, 0.4) is 0 Å². The molecule has 0 aromatic carbocycles. The molecule has 4 nitrogen and oxygen atoms in total. The third-order valence-corrected chi connectivity index (χ3v) is 4.66. The van der Waals surface area contributed by atoms with E-state index in [2.05, 4.69) is 4.98 Å². The number of fused-ring (bicyclic) bond motifs is 1. The van der Waals surface area contributed by atoms with Crippen molar-refractivity contribution in [3.63, 3.8) is 0 Å². The number of hydrogen-bond donors (Lipinski definition) is 0. The van der Waals surface area contributed by atoms with Crippen LogP contribution in [-0.2, 0) is 22.0 Å². The molecule has 0 aliphatic carbocycles. The van der Waals surface area contributed by atoms with E-state index < -0.39 is 9.84 Å². The fourth-order valence-corrected chi connectivity index (χ4v) is 4.00. The molecule has 0 radical (unpaired) electrons. The molecule has 0 bridgehead atoms. The molecule has 2 rings (SSSR count). The normalized spacial score (nSPS) is 19.4. The van der Waals surface area contributed by atoms with E-state index in [4.69, 9.17) is 0 Å². The SMILES string of the molecule is O=Cc1nc2c(s1)CS(=O)(=O)CC2. The van der Waals surface area contributed by atoms with Gasteiger partial charge in [0.1, 0.15) is 0 Å². The Morgan fingerprint density at radius 3 is 2.92 bits per heavy atom. The van der Waals surface area contributed by atoms with Gasteiger partial charge in [-0.1, -0.05) is 0 Å². The second-order valence-electron chi connectivity index (χ2n) is 2.88. The van der Waals surface area contributed by atoms with Crippen LogP contribution < -0.4 is 0 Å². The van der Waals surface area contributed by atoms with Crippen LogP contribution in [0, 0.1) is 0 Å². The predicted molar refractivity (Wildman–Crippen MR) is 48.7 cm³/mol. The summed E-state index contributed by atoms with van der Waals surface area (Å²) in [5.74, 6) is 0.204. The average Bonchev–Trinajstić information content (AvgIpc) is 2.44. The molecule has 0 unspecified atom stereocenters. The standard InChI is InChI=1S/C7H7NO3S2/c9-3-7-8-5-1-2-13(10,11)4-6(5)12-7/h3H,1-2,4H2. The van der Waals surface area contributed by atoms with Gasteiger partial charge in [0.25, 0.3) is 0 Å². The van der Waals surface area contributed by atoms with Crippen molar-refractivity contribution >= 4 is 27.5 Å². The third kappa shape index (κ3) is 1.64.